The number of benzene rings is 4. The normalized spacial score (nSPS) is 15.6. The number of para-hydroxylation sites is 1. The minimum atomic E-state index is 0.276. The third-order valence-corrected chi connectivity index (χ3v) is 6.99. The number of hydrogen-bond acceptors (Lipinski definition) is 2. The molecule has 1 unspecified atom stereocenters. The number of pyridine rings is 1. The second-order valence-electron chi connectivity index (χ2n) is 9.12. The Hall–Kier alpha value is -4.43. The number of ether oxygens (including phenoxy) is 1. The Kier molecular flexibility index (Phi) is 4.63. The number of fused-ring (bicyclic) bond motifs is 2. The zero-order valence-corrected chi connectivity index (χ0v) is 19.2. The average Bonchev–Trinajstić information content (AvgIpc) is 2.94. The van der Waals surface area contributed by atoms with Crippen LogP contribution in [0.2, 0.25) is 0 Å². The summed E-state index contributed by atoms with van der Waals surface area (Å²) < 4.78 is 6.32. The quantitative estimate of drug-likeness (QED) is 0.269. The van der Waals surface area contributed by atoms with Crippen molar-refractivity contribution >= 4 is 10.8 Å². The Morgan fingerprint density at radius 3 is 2.40 bits per heavy atom. The fourth-order valence-corrected chi connectivity index (χ4v) is 5.29. The average molecular weight is 450 g/mol. The summed E-state index contributed by atoms with van der Waals surface area (Å²) in [4.78, 5) is 5.12. The van der Waals surface area contributed by atoms with E-state index < -0.39 is 0 Å². The molecule has 0 fully saturated rings. The molecule has 1 atom stereocenters. The third kappa shape index (κ3) is 3.38. The summed E-state index contributed by atoms with van der Waals surface area (Å²) in [5, 5.41) is 2.37. The molecule has 1 aliphatic carbocycles. The van der Waals surface area contributed by atoms with Crippen LogP contribution in [0, 0.1) is 0 Å². The molecule has 2 heterocycles. The lowest BCUT2D eigenvalue weighted by Crippen LogP contribution is -2.02. The lowest BCUT2D eigenvalue weighted by molar-refractivity contribution is 0.487. The van der Waals surface area contributed by atoms with Crippen LogP contribution in [-0.4, -0.2) is 4.98 Å². The molecule has 7 rings (SSSR count). The summed E-state index contributed by atoms with van der Waals surface area (Å²) in [6.07, 6.45) is 9.68. The standard InChI is InChI=1S/C33H23NO/c1-3-10-22(11-4-1)29-20-24(21-30(34-29)23-12-5-2-6-13-23)25-18-19-32-33-27(25)15-9-16-28(33)26-14-7-8-17-31(26)35-32/h1-12,14-21,23H,13H2. The summed E-state index contributed by atoms with van der Waals surface area (Å²) in [5.74, 6) is 2.10. The molecule has 0 amide bonds. The molecule has 1 aliphatic heterocycles. The lowest BCUT2D eigenvalue weighted by atomic mass is 9.89. The van der Waals surface area contributed by atoms with E-state index in [1.54, 1.807) is 0 Å². The number of hydrogen-bond donors (Lipinski definition) is 0. The first-order valence-electron chi connectivity index (χ1n) is 12.1. The molecule has 0 saturated heterocycles. The minimum Gasteiger partial charge on any atom is -0.456 e. The van der Waals surface area contributed by atoms with Crippen LogP contribution in [0.3, 0.4) is 0 Å². The molecule has 4 aromatic carbocycles. The molecule has 0 radical (unpaired) electrons. The zero-order chi connectivity index (χ0) is 23.2. The van der Waals surface area contributed by atoms with E-state index >= 15 is 0 Å². The SMILES string of the molecule is C1=CCC(c2cc(-c3ccc4c5c(cccc35)-c3ccccc3O4)cc(-c3ccccc3)n2)C=C1. The Morgan fingerprint density at radius 1 is 0.657 bits per heavy atom. The molecular weight excluding hydrogens is 426 g/mol. The lowest BCUT2D eigenvalue weighted by Gasteiger charge is -2.23. The Labute approximate surface area is 204 Å². The van der Waals surface area contributed by atoms with E-state index in [0.29, 0.717) is 0 Å². The molecule has 166 valence electrons. The van der Waals surface area contributed by atoms with E-state index in [2.05, 4.69) is 103 Å². The van der Waals surface area contributed by atoms with E-state index in [-0.39, 0.29) is 5.92 Å². The molecule has 35 heavy (non-hydrogen) atoms. The van der Waals surface area contributed by atoms with Gasteiger partial charge >= 0.3 is 0 Å². The Morgan fingerprint density at radius 2 is 1.51 bits per heavy atom. The molecule has 2 nitrogen and oxygen atoms in total. The van der Waals surface area contributed by atoms with Gasteiger partial charge in [-0.1, -0.05) is 97.1 Å². The van der Waals surface area contributed by atoms with E-state index in [0.717, 1.165) is 40.4 Å². The van der Waals surface area contributed by atoms with Crippen molar-refractivity contribution in [1.82, 2.24) is 4.98 Å². The number of aromatic nitrogens is 1. The van der Waals surface area contributed by atoms with Crippen LogP contribution in [0.1, 0.15) is 18.0 Å². The van der Waals surface area contributed by atoms with Gasteiger partial charge in [0.1, 0.15) is 11.5 Å². The molecule has 1 aromatic heterocycles. The highest BCUT2D eigenvalue weighted by atomic mass is 16.5. The molecule has 0 bridgehead atoms. The van der Waals surface area contributed by atoms with Crippen LogP contribution >= 0.6 is 0 Å². The highest BCUT2D eigenvalue weighted by Crippen LogP contribution is 2.48. The van der Waals surface area contributed by atoms with Gasteiger partial charge in [0.2, 0.25) is 0 Å². The summed E-state index contributed by atoms with van der Waals surface area (Å²) in [6.45, 7) is 0. The molecular formula is C33H23NO. The maximum absolute atomic E-state index is 6.32. The van der Waals surface area contributed by atoms with Crippen molar-refractivity contribution in [2.75, 3.05) is 0 Å². The first kappa shape index (κ1) is 20.0. The van der Waals surface area contributed by atoms with E-state index in [4.69, 9.17) is 9.72 Å². The Balaban J connectivity index is 1.46. The van der Waals surface area contributed by atoms with Gasteiger partial charge in [0.25, 0.3) is 0 Å². The minimum absolute atomic E-state index is 0.276. The van der Waals surface area contributed by atoms with Gasteiger partial charge in [0, 0.05) is 28.1 Å². The molecule has 2 aliphatic rings. The molecule has 0 N–H and O–H groups in total. The van der Waals surface area contributed by atoms with Gasteiger partial charge in [0.15, 0.2) is 0 Å². The van der Waals surface area contributed by atoms with Gasteiger partial charge in [-0.05, 0) is 52.8 Å². The number of rotatable bonds is 3. The second kappa shape index (κ2) is 8.11. The maximum Gasteiger partial charge on any atom is 0.135 e. The van der Waals surface area contributed by atoms with Crippen LogP contribution in [0.4, 0.5) is 0 Å². The summed E-state index contributed by atoms with van der Waals surface area (Å²) in [6, 6.07) is 34.1. The summed E-state index contributed by atoms with van der Waals surface area (Å²) in [5.41, 5.74) is 7.98. The predicted octanol–water partition coefficient (Wildman–Crippen LogP) is 8.94. The molecule has 0 spiro atoms. The van der Waals surface area contributed by atoms with Gasteiger partial charge in [0.05, 0.1) is 5.69 Å². The topological polar surface area (TPSA) is 22.1 Å². The van der Waals surface area contributed by atoms with Crippen LogP contribution in [0.5, 0.6) is 11.5 Å². The van der Waals surface area contributed by atoms with Crippen molar-refractivity contribution < 1.29 is 4.74 Å². The predicted molar refractivity (Wildman–Crippen MR) is 144 cm³/mol. The second-order valence-corrected chi connectivity index (χ2v) is 9.12. The fourth-order valence-electron chi connectivity index (χ4n) is 5.29. The van der Waals surface area contributed by atoms with Crippen molar-refractivity contribution in [2.24, 2.45) is 0 Å². The van der Waals surface area contributed by atoms with Crippen LogP contribution in [0.25, 0.3) is 44.3 Å². The van der Waals surface area contributed by atoms with Crippen LogP contribution < -0.4 is 4.74 Å². The van der Waals surface area contributed by atoms with Gasteiger partial charge in [-0.15, -0.1) is 0 Å². The van der Waals surface area contributed by atoms with Gasteiger partial charge in [-0.3, -0.25) is 4.98 Å². The van der Waals surface area contributed by atoms with Crippen LogP contribution in [-0.2, 0) is 0 Å². The van der Waals surface area contributed by atoms with E-state index in [1.807, 2.05) is 18.2 Å². The smallest absolute Gasteiger partial charge is 0.135 e. The van der Waals surface area contributed by atoms with Gasteiger partial charge in [-0.25, -0.2) is 0 Å². The van der Waals surface area contributed by atoms with Gasteiger partial charge in [-0.2, -0.15) is 0 Å². The first-order valence-corrected chi connectivity index (χ1v) is 12.1. The van der Waals surface area contributed by atoms with Gasteiger partial charge < -0.3 is 4.74 Å². The summed E-state index contributed by atoms with van der Waals surface area (Å²) in [7, 11) is 0. The van der Waals surface area contributed by atoms with Crippen molar-refractivity contribution in [3.05, 3.63) is 127 Å². The van der Waals surface area contributed by atoms with Crippen molar-refractivity contribution in [3.63, 3.8) is 0 Å². The number of allylic oxidation sites excluding steroid dienone is 4. The highest BCUT2D eigenvalue weighted by molar-refractivity contribution is 6.10. The molecule has 5 aromatic rings. The van der Waals surface area contributed by atoms with Crippen molar-refractivity contribution in [1.29, 1.82) is 0 Å². The summed E-state index contributed by atoms with van der Waals surface area (Å²) >= 11 is 0. The zero-order valence-electron chi connectivity index (χ0n) is 19.2. The molecule has 2 heteroatoms. The maximum atomic E-state index is 6.32. The Bertz CT molecular complexity index is 1650. The monoisotopic (exact) mass is 449 g/mol. The number of nitrogens with zero attached hydrogens (tertiary/aromatic N) is 1. The van der Waals surface area contributed by atoms with E-state index in [9.17, 15) is 0 Å². The highest BCUT2D eigenvalue weighted by Gasteiger charge is 2.22. The fraction of sp³-hybridized carbons (Fsp3) is 0.0606. The largest absolute Gasteiger partial charge is 0.456 e. The van der Waals surface area contributed by atoms with Crippen molar-refractivity contribution in [2.45, 2.75) is 12.3 Å². The van der Waals surface area contributed by atoms with Crippen molar-refractivity contribution in [3.8, 4) is 45.0 Å². The van der Waals surface area contributed by atoms with E-state index in [1.165, 1.54) is 27.5 Å². The molecule has 0 saturated carbocycles. The van der Waals surface area contributed by atoms with Crippen LogP contribution in [0.15, 0.2) is 121 Å². The third-order valence-electron chi connectivity index (χ3n) is 6.99. The first-order chi connectivity index (χ1) is 17.3.